The molecule has 1 saturated carbocycles. The molecule has 0 aliphatic heterocycles. The maximum absolute atomic E-state index is 12.2. The Morgan fingerprint density at radius 2 is 1.82 bits per heavy atom. The molecule has 0 saturated heterocycles. The van der Waals surface area contributed by atoms with E-state index < -0.39 is 4.92 Å². The first-order valence-corrected chi connectivity index (χ1v) is 8.86. The number of hydrazone groups is 1. The van der Waals surface area contributed by atoms with Crippen molar-refractivity contribution in [2.24, 2.45) is 11.0 Å². The zero-order valence-corrected chi connectivity index (χ0v) is 15.3. The zero-order valence-electron chi connectivity index (χ0n) is 15.3. The fraction of sp³-hybridized carbons (Fsp3) is 0.250. The number of hydrogen-bond acceptors (Lipinski definition) is 5. The molecule has 144 valence electrons. The van der Waals surface area contributed by atoms with Gasteiger partial charge in [0, 0.05) is 29.4 Å². The monoisotopic (exact) mass is 380 g/mol. The van der Waals surface area contributed by atoms with Gasteiger partial charge in [0.1, 0.15) is 0 Å². The summed E-state index contributed by atoms with van der Waals surface area (Å²) in [7, 11) is 0. The number of non-ortho nitro benzene ring substituents is 1. The summed E-state index contributed by atoms with van der Waals surface area (Å²) in [6.07, 6.45) is 0.801. The quantitative estimate of drug-likeness (QED) is 0.436. The van der Waals surface area contributed by atoms with Gasteiger partial charge in [0.25, 0.3) is 5.69 Å². The Balaban J connectivity index is 1.45. The number of hydrogen-bond donors (Lipinski definition) is 2. The normalized spacial score (nSPS) is 18.2. The number of rotatable bonds is 7. The number of carbonyl (C=O) groups excluding carboxylic acids is 2. The Labute approximate surface area is 161 Å². The van der Waals surface area contributed by atoms with Crippen molar-refractivity contribution in [3.63, 3.8) is 0 Å². The predicted molar refractivity (Wildman–Crippen MR) is 105 cm³/mol. The van der Waals surface area contributed by atoms with Crippen molar-refractivity contribution >= 4 is 28.9 Å². The number of benzene rings is 2. The van der Waals surface area contributed by atoms with Gasteiger partial charge < -0.3 is 5.32 Å². The van der Waals surface area contributed by atoms with Crippen LogP contribution in [-0.2, 0) is 9.59 Å². The molecule has 2 aromatic rings. The average Bonchev–Trinajstić information content (AvgIpc) is 3.48. The van der Waals surface area contributed by atoms with Crippen LogP contribution in [-0.4, -0.2) is 22.4 Å². The lowest BCUT2D eigenvalue weighted by Gasteiger charge is -2.05. The Kier molecular flexibility index (Phi) is 5.78. The van der Waals surface area contributed by atoms with Crippen LogP contribution in [0.1, 0.15) is 31.2 Å². The molecule has 0 heterocycles. The maximum Gasteiger partial charge on any atom is 0.269 e. The molecule has 8 nitrogen and oxygen atoms in total. The van der Waals surface area contributed by atoms with Crippen LogP contribution in [0.25, 0.3) is 0 Å². The molecule has 0 radical (unpaired) electrons. The van der Waals surface area contributed by atoms with Crippen LogP contribution in [0, 0.1) is 16.0 Å². The zero-order chi connectivity index (χ0) is 20.1. The number of nitro benzene ring substituents is 1. The summed E-state index contributed by atoms with van der Waals surface area (Å²) in [5.41, 5.74) is 4.54. The molecule has 0 spiro atoms. The van der Waals surface area contributed by atoms with Gasteiger partial charge in [0.05, 0.1) is 11.3 Å². The molecule has 1 aliphatic rings. The first-order valence-electron chi connectivity index (χ1n) is 8.86. The molecule has 8 heteroatoms. The van der Waals surface area contributed by atoms with E-state index in [9.17, 15) is 19.7 Å². The first-order chi connectivity index (χ1) is 13.4. The molecular weight excluding hydrogens is 360 g/mol. The molecular formula is C20H20N4O4. The minimum Gasteiger partial charge on any atom is -0.326 e. The third kappa shape index (κ3) is 5.00. The molecule has 2 N–H and O–H groups in total. The fourth-order valence-electron chi connectivity index (χ4n) is 2.93. The van der Waals surface area contributed by atoms with Crippen LogP contribution >= 0.6 is 0 Å². The Morgan fingerprint density at radius 3 is 2.46 bits per heavy atom. The second-order valence-corrected chi connectivity index (χ2v) is 6.71. The SMILES string of the molecule is C/C(CC(=O)Nc1ccc([N+](=O)[O-])cc1)=N\NC(=O)[C@H]1C[C@H]1c1ccccc1. The highest BCUT2D eigenvalue weighted by atomic mass is 16.6. The number of carbonyl (C=O) groups is 2. The van der Waals surface area contributed by atoms with Crippen molar-refractivity contribution in [2.45, 2.75) is 25.7 Å². The number of nitrogens with one attached hydrogen (secondary N) is 2. The lowest BCUT2D eigenvalue weighted by molar-refractivity contribution is -0.384. The summed E-state index contributed by atoms with van der Waals surface area (Å²) in [6.45, 7) is 1.65. The lowest BCUT2D eigenvalue weighted by atomic mass is 10.1. The van der Waals surface area contributed by atoms with Crippen LogP contribution < -0.4 is 10.7 Å². The van der Waals surface area contributed by atoms with E-state index in [0.29, 0.717) is 11.4 Å². The summed E-state index contributed by atoms with van der Waals surface area (Å²) in [5.74, 6) is -0.336. The second-order valence-electron chi connectivity index (χ2n) is 6.71. The van der Waals surface area contributed by atoms with Crippen molar-refractivity contribution in [3.05, 3.63) is 70.3 Å². The minimum absolute atomic E-state index is 0.00402. The van der Waals surface area contributed by atoms with Gasteiger partial charge >= 0.3 is 0 Å². The molecule has 0 unspecified atom stereocenters. The lowest BCUT2D eigenvalue weighted by Crippen LogP contribution is -2.23. The average molecular weight is 380 g/mol. The number of nitrogens with zero attached hydrogens (tertiary/aromatic N) is 2. The van der Waals surface area contributed by atoms with Crippen LogP contribution in [0.15, 0.2) is 59.7 Å². The van der Waals surface area contributed by atoms with E-state index >= 15 is 0 Å². The van der Waals surface area contributed by atoms with Gasteiger partial charge in [-0.1, -0.05) is 30.3 Å². The summed E-state index contributed by atoms with van der Waals surface area (Å²) in [5, 5.41) is 17.3. The number of nitro groups is 1. The van der Waals surface area contributed by atoms with Crippen LogP contribution in [0.3, 0.4) is 0 Å². The van der Waals surface area contributed by atoms with E-state index in [-0.39, 0.29) is 35.8 Å². The Bertz CT molecular complexity index is 910. The molecule has 2 atom stereocenters. The van der Waals surface area contributed by atoms with E-state index in [1.165, 1.54) is 24.3 Å². The van der Waals surface area contributed by atoms with E-state index in [2.05, 4.69) is 15.8 Å². The molecule has 0 aromatic heterocycles. The van der Waals surface area contributed by atoms with Crippen molar-refractivity contribution < 1.29 is 14.5 Å². The van der Waals surface area contributed by atoms with Gasteiger partial charge in [0.2, 0.25) is 11.8 Å². The summed E-state index contributed by atoms with van der Waals surface area (Å²) < 4.78 is 0. The molecule has 1 fully saturated rings. The second kappa shape index (κ2) is 8.43. The third-order valence-corrected chi connectivity index (χ3v) is 4.49. The highest BCUT2D eigenvalue weighted by Gasteiger charge is 2.43. The Morgan fingerprint density at radius 1 is 1.14 bits per heavy atom. The molecule has 28 heavy (non-hydrogen) atoms. The highest BCUT2D eigenvalue weighted by Crippen LogP contribution is 2.47. The molecule has 2 aromatic carbocycles. The minimum atomic E-state index is -0.507. The molecule has 0 bridgehead atoms. The predicted octanol–water partition coefficient (Wildman–Crippen LogP) is 3.22. The van der Waals surface area contributed by atoms with E-state index in [4.69, 9.17) is 0 Å². The van der Waals surface area contributed by atoms with E-state index in [1.54, 1.807) is 6.92 Å². The first kappa shape index (κ1) is 19.2. The third-order valence-electron chi connectivity index (χ3n) is 4.49. The van der Waals surface area contributed by atoms with Crippen LogP contribution in [0.4, 0.5) is 11.4 Å². The molecule has 3 rings (SSSR count). The Hall–Kier alpha value is -3.55. The summed E-state index contributed by atoms with van der Waals surface area (Å²) >= 11 is 0. The largest absolute Gasteiger partial charge is 0.326 e. The van der Waals surface area contributed by atoms with Gasteiger partial charge in [-0.25, -0.2) is 5.43 Å². The van der Waals surface area contributed by atoms with Gasteiger partial charge in [-0.15, -0.1) is 0 Å². The van der Waals surface area contributed by atoms with Gasteiger partial charge in [0.15, 0.2) is 0 Å². The van der Waals surface area contributed by atoms with Crippen LogP contribution in [0.5, 0.6) is 0 Å². The van der Waals surface area contributed by atoms with Crippen molar-refractivity contribution in [2.75, 3.05) is 5.32 Å². The van der Waals surface area contributed by atoms with Crippen LogP contribution in [0.2, 0.25) is 0 Å². The van der Waals surface area contributed by atoms with Gasteiger partial charge in [-0.2, -0.15) is 5.10 Å². The van der Waals surface area contributed by atoms with Crippen molar-refractivity contribution in [3.8, 4) is 0 Å². The van der Waals surface area contributed by atoms with Gasteiger partial charge in [-0.05, 0) is 37.0 Å². The topological polar surface area (TPSA) is 114 Å². The summed E-state index contributed by atoms with van der Waals surface area (Å²) in [4.78, 5) is 34.3. The summed E-state index contributed by atoms with van der Waals surface area (Å²) in [6, 6.07) is 15.4. The van der Waals surface area contributed by atoms with Crippen molar-refractivity contribution in [1.29, 1.82) is 0 Å². The standard InChI is InChI=1S/C20H20N4O4/c1-13(11-19(25)21-15-7-9-16(10-8-15)24(27)28)22-23-20(26)18-12-17(18)14-5-3-2-4-6-14/h2-10,17-18H,11-12H2,1H3,(H,21,25)(H,23,26)/b22-13+/t17-,18-/m0/s1. The van der Waals surface area contributed by atoms with E-state index in [0.717, 1.165) is 12.0 Å². The number of anilines is 1. The van der Waals surface area contributed by atoms with E-state index in [1.807, 2.05) is 30.3 Å². The molecule has 1 aliphatic carbocycles. The number of amides is 2. The van der Waals surface area contributed by atoms with Gasteiger partial charge in [-0.3, -0.25) is 19.7 Å². The van der Waals surface area contributed by atoms with Crippen molar-refractivity contribution in [1.82, 2.24) is 5.43 Å². The fourth-order valence-corrected chi connectivity index (χ4v) is 2.93. The smallest absolute Gasteiger partial charge is 0.269 e. The maximum atomic E-state index is 12.2. The molecule has 2 amide bonds. The highest BCUT2D eigenvalue weighted by molar-refractivity contribution is 6.05.